The van der Waals surface area contributed by atoms with E-state index in [0.717, 1.165) is 22.1 Å². The molecule has 2 rings (SSSR count). The molecule has 106 valence electrons. The van der Waals surface area contributed by atoms with Gasteiger partial charge in [-0.1, -0.05) is 30.4 Å². The molecule has 20 heavy (non-hydrogen) atoms. The average Bonchev–Trinajstić information content (AvgIpc) is 2.92. The van der Waals surface area contributed by atoms with Crippen LogP contribution in [0.15, 0.2) is 24.3 Å². The molecule has 3 N–H and O–H groups in total. The van der Waals surface area contributed by atoms with Crippen LogP contribution in [-0.2, 0) is 17.8 Å². The molecule has 6 nitrogen and oxygen atoms in total. The zero-order valence-electron chi connectivity index (χ0n) is 11.1. The third kappa shape index (κ3) is 4.20. The summed E-state index contributed by atoms with van der Waals surface area (Å²) in [5, 5.41) is 13.1. The van der Waals surface area contributed by atoms with E-state index in [1.165, 1.54) is 0 Å². The summed E-state index contributed by atoms with van der Waals surface area (Å²) in [5.74, 6) is 0.135. The maximum Gasteiger partial charge on any atom is 0.255 e. The summed E-state index contributed by atoms with van der Waals surface area (Å²) in [4.78, 5) is 10.6. The molecule has 1 amide bonds. The van der Waals surface area contributed by atoms with Crippen LogP contribution in [0, 0.1) is 0 Å². The van der Waals surface area contributed by atoms with E-state index >= 15 is 0 Å². The third-order valence-corrected chi connectivity index (χ3v) is 3.54. The first-order chi connectivity index (χ1) is 9.67. The highest BCUT2D eigenvalue weighted by Crippen LogP contribution is 2.17. The minimum atomic E-state index is -0.487. The number of hydrogen-bond donors (Lipinski definition) is 2. The van der Waals surface area contributed by atoms with Gasteiger partial charge in [0, 0.05) is 6.54 Å². The van der Waals surface area contributed by atoms with Crippen LogP contribution in [0.3, 0.4) is 0 Å². The number of nitrogens with zero attached hydrogens (tertiary/aromatic N) is 2. The molecule has 0 aliphatic heterocycles. The minimum absolute atomic E-state index is 0.109. The van der Waals surface area contributed by atoms with Crippen molar-refractivity contribution in [1.82, 2.24) is 10.2 Å². The number of nitrogens with one attached hydrogen (secondary N) is 1. The first-order valence-corrected chi connectivity index (χ1v) is 7.05. The molecule has 0 unspecified atom stereocenters. The molecular weight excluding hydrogens is 276 g/mol. The Kier molecular flexibility index (Phi) is 4.89. The molecule has 0 saturated heterocycles. The molecule has 1 heterocycles. The van der Waals surface area contributed by atoms with Gasteiger partial charge in [-0.25, -0.2) is 0 Å². The Labute approximate surface area is 121 Å². The molecule has 0 radical (unpaired) electrons. The van der Waals surface area contributed by atoms with Crippen molar-refractivity contribution in [2.45, 2.75) is 19.9 Å². The normalized spacial score (nSPS) is 10.2. The van der Waals surface area contributed by atoms with E-state index in [2.05, 4.69) is 22.4 Å². The SMILES string of the molecule is CCc1nnc(NCc2ccc(OCC(N)=O)cc2)s1. The maximum absolute atomic E-state index is 10.6. The van der Waals surface area contributed by atoms with Crippen LogP contribution < -0.4 is 15.8 Å². The van der Waals surface area contributed by atoms with Crippen molar-refractivity contribution in [3.63, 3.8) is 0 Å². The standard InChI is InChI=1S/C13H16N4O2S/c1-2-12-16-17-13(20-12)15-7-9-3-5-10(6-4-9)19-8-11(14)18/h3-6H,2,7-8H2,1H3,(H2,14,18)(H,15,17). The number of primary amides is 1. The fraction of sp³-hybridized carbons (Fsp3) is 0.308. The second-order valence-electron chi connectivity index (χ2n) is 4.11. The molecule has 0 fully saturated rings. The number of carbonyl (C=O) groups is 1. The van der Waals surface area contributed by atoms with Gasteiger partial charge < -0.3 is 15.8 Å². The summed E-state index contributed by atoms with van der Waals surface area (Å²) in [6.45, 7) is 2.60. The Morgan fingerprint density at radius 3 is 2.70 bits per heavy atom. The summed E-state index contributed by atoms with van der Waals surface area (Å²) >= 11 is 1.56. The number of rotatable bonds is 7. The lowest BCUT2D eigenvalue weighted by Crippen LogP contribution is -2.19. The predicted octanol–water partition coefficient (Wildman–Crippen LogP) is 1.58. The number of ether oxygens (including phenoxy) is 1. The molecule has 0 aliphatic rings. The molecule has 0 bridgehead atoms. The number of benzene rings is 1. The van der Waals surface area contributed by atoms with Crippen molar-refractivity contribution in [3.05, 3.63) is 34.8 Å². The Hall–Kier alpha value is -2.15. The molecule has 0 atom stereocenters. The number of carbonyl (C=O) groups excluding carboxylic acids is 1. The van der Waals surface area contributed by atoms with Crippen LogP contribution in [0.4, 0.5) is 5.13 Å². The fourth-order valence-electron chi connectivity index (χ4n) is 1.50. The largest absolute Gasteiger partial charge is 0.484 e. The van der Waals surface area contributed by atoms with E-state index in [-0.39, 0.29) is 6.61 Å². The molecule has 0 saturated carbocycles. The molecule has 2 aromatic rings. The molecule has 0 spiro atoms. The lowest BCUT2D eigenvalue weighted by atomic mass is 10.2. The molecule has 1 aromatic heterocycles. The summed E-state index contributed by atoms with van der Waals surface area (Å²) in [6, 6.07) is 7.45. The first kappa shape index (κ1) is 14.3. The van der Waals surface area contributed by atoms with Crippen molar-refractivity contribution in [2.24, 2.45) is 5.73 Å². The lowest BCUT2D eigenvalue weighted by Gasteiger charge is -2.05. The Morgan fingerprint density at radius 2 is 2.10 bits per heavy atom. The van der Waals surface area contributed by atoms with Gasteiger partial charge in [-0.3, -0.25) is 4.79 Å². The van der Waals surface area contributed by atoms with Crippen molar-refractivity contribution < 1.29 is 9.53 Å². The highest BCUT2D eigenvalue weighted by molar-refractivity contribution is 7.15. The summed E-state index contributed by atoms with van der Waals surface area (Å²) < 4.78 is 5.19. The highest BCUT2D eigenvalue weighted by atomic mass is 32.1. The molecular formula is C13H16N4O2S. The second-order valence-corrected chi connectivity index (χ2v) is 5.17. The number of nitrogens with two attached hydrogens (primary N) is 1. The number of aromatic nitrogens is 2. The van der Waals surface area contributed by atoms with E-state index in [1.807, 2.05) is 12.1 Å². The smallest absolute Gasteiger partial charge is 0.255 e. The van der Waals surface area contributed by atoms with Crippen LogP contribution in [0.2, 0.25) is 0 Å². The van der Waals surface area contributed by atoms with Crippen LogP contribution in [0.1, 0.15) is 17.5 Å². The van der Waals surface area contributed by atoms with Crippen molar-refractivity contribution in [3.8, 4) is 5.75 Å². The van der Waals surface area contributed by atoms with Gasteiger partial charge >= 0.3 is 0 Å². The monoisotopic (exact) mass is 292 g/mol. The minimum Gasteiger partial charge on any atom is -0.484 e. The van der Waals surface area contributed by atoms with E-state index in [4.69, 9.17) is 10.5 Å². The quantitative estimate of drug-likeness (QED) is 0.808. The van der Waals surface area contributed by atoms with Gasteiger partial charge in [-0.15, -0.1) is 10.2 Å². The van der Waals surface area contributed by atoms with Gasteiger partial charge in [0.1, 0.15) is 10.8 Å². The molecule has 1 aromatic carbocycles. The summed E-state index contributed by atoms with van der Waals surface area (Å²) in [5.41, 5.74) is 6.10. The number of anilines is 1. The lowest BCUT2D eigenvalue weighted by molar-refractivity contribution is -0.119. The predicted molar refractivity (Wildman–Crippen MR) is 77.7 cm³/mol. The number of amides is 1. The van der Waals surface area contributed by atoms with Crippen LogP contribution in [0.25, 0.3) is 0 Å². The van der Waals surface area contributed by atoms with Crippen LogP contribution in [0.5, 0.6) is 5.75 Å². The van der Waals surface area contributed by atoms with E-state index in [0.29, 0.717) is 12.3 Å². The van der Waals surface area contributed by atoms with Crippen LogP contribution >= 0.6 is 11.3 Å². The first-order valence-electron chi connectivity index (χ1n) is 6.23. The van der Waals surface area contributed by atoms with E-state index < -0.39 is 5.91 Å². The number of hydrogen-bond acceptors (Lipinski definition) is 6. The zero-order valence-corrected chi connectivity index (χ0v) is 11.9. The second kappa shape index (κ2) is 6.85. The Bertz CT molecular complexity index is 568. The van der Waals surface area contributed by atoms with E-state index in [1.54, 1.807) is 23.5 Å². The Balaban J connectivity index is 1.85. The van der Waals surface area contributed by atoms with E-state index in [9.17, 15) is 4.79 Å². The highest BCUT2D eigenvalue weighted by Gasteiger charge is 2.02. The Morgan fingerprint density at radius 1 is 1.35 bits per heavy atom. The fourth-order valence-corrected chi connectivity index (χ4v) is 2.18. The van der Waals surface area contributed by atoms with Crippen LogP contribution in [-0.4, -0.2) is 22.7 Å². The van der Waals surface area contributed by atoms with Gasteiger partial charge in [0.25, 0.3) is 5.91 Å². The van der Waals surface area contributed by atoms with Gasteiger partial charge in [-0.2, -0.15) is 0 Å². The average molecular weight is 292 g/mol. The zero-order chi connectivity index (χ0) is 14.4. The third-order valence-electron chi connectivity index (χ3n) is 2.52. The van der Waals surface area contributed by atoms with Gasteiger partial charge in [0.15, 0.2) is 6.61 Å². The summed E-state index contributed by atoms with van der Waals surface area (Å²) in [6.07, 6.45) is 0.894. The topological polar surface area (TPSA) is 90.1 Å². The van der Waals surface area contributed by atoms with Gasteiger partial charge in [-0.05, 0) is 24.1 Å². The molecule has 0 aliphatic carbocycles. The van der Waals surface area contributed by atoms with Gasteiger partial charge in [0.05, 0.1) is 0 Å². The molecule has 7 heteroatoms. The van der Waals surface area contributed by atoms with Gasteiger partial charge in [0.2, 0.25) is 5.13 Å². The van der Waals surface area contributed by atoms with Crippen molar-refractivity contribution >= 4 is 22.4 Å². The van der Waals surface area contributed by atoms with Crippen molar-refractivity contribution in [1.29, 1.82) is 0 Å². The number of aryl methyl sites for hydroxylation is 1. The maximum atomic E-state index is 10.6. The van der Waals surface area contributed by atoms with Crippen molar-refractivity contribution in [2.75, 3.05) is 11.9 Å². The summed E-state index contributed by atoms with van der Waals surface area (Å²) in [7, 11) is 0.